The first-order valence-corrected chi connectivity index (χ1v) is 5.14. The highest BCUT2D eigenvalue weighted by molar-refractivity contribution is 5.20. The Bertz CT molecular complexity index is 239. The monoisotopic (exact) mass is 192 g/mol. The van der Waals surface area contributed by atoms with Crippen molar-refractivity contribution in [2.45, 2.75) is 26.7 Å². The van der Waals surface area contributed by atoms with Crippen LogP contribution in [-0.4, -0.2) is 11.7 Å². The third kappa shape index (κ3) is 5.55. The Kier molecular flexibility index (Phi) is 7.86. The van der Waals surface area contributed by atoms with Gasteiger partial charge in [-0.1, -0.05) is 56.3 Å². The van der Waals surface area contributed by atoms with Crippen LogP contribution in [0.15, 0.2) is 42.5 Å². The fraction of sp³-hybridized carbons (Fsp3) is 0.385. The van der Waals surface area contributed by atoms with Gasteiger partial charge >= 0.3 is 0 Å². The van der Waals surface area contributed by atoms with Gasteiger partial charge in [0.25, 0.3) is 0 Å². The first-order chi connectivity index (χ1) is 6.83. The highest BCUT2D eigenvalue weighted by atomic mass is 16.2. The van der Waals surface area contributed by atoms with Gasteiger partial charge in [0.15, 0.2) is 0 Å². The molecule has 1 nitrogen and oxygen atoms in total. The molecule has 0 aromatic heterocycles. The SMILES string of the molecule is C=C(CCO)Cc1ccccc1.CC. The van der Waals surface area contributed by atoms with Gasteiger partial charge in [0, 0.05) is 6.61 Å². The summed E-state index contributed by atoms with van der Waals surface area (Å²) >= 11 is 0. The van der Waals surface area contributed by atoms with E-state index in [1.54, 1.807) is 0 Å². The summed E-state index contributed by atoms with van der Waals surface area (Å²) in [4.78, 5) is 0. The molecule has 0 heterocycles. The van der Waals surface area contributed by atoms with Crippen molar-refractivity contribution in [3.05, 3.63) is 48.0 Å². The lowest BCUT2D eigenvalue weighted by atomic mass is 10.0. The Balaban J connectivity index is 0.000000791. The van der Waals surface area contributed by atoms with Gasteiger partial charge in [-0.2, -0.15) is 0 Å². The predicted molar refractivity (Wildman–Crippen MR) is 62.3 cm³/mol. The Labute approximate surface area is 87.1 Å². The number of hydrogen-bond acceptors (Lipinski definition) is 1. The van der Waals surface area contributed by atoms with Crippen molar-refractivity contribution < 1.29 is 5.11 Å². The minimum absolute atomic E-state index is 0.200. The van der Waals surface area contributed by atoms with Gasteiger partial charge in [-0.15, -0.1) is 0 Å². The molecule has 1 N–H and O–H groups in total. The van der Waals surface area contributed by atoms with Gasteiger partial charge in [-0.05, 0) is 18.4 Å². The molecule has 78 valence electrons. The topological polar surface area (TPSA) is 20.2 Å². The van der Waals surface area contributed by atoms with Crippen molar-refractivity contribution in [2.24, 2.45) is 0 Å². The van der Waals surface area contributed by atoms with Crippen LogP contribution < -0.4 is 0 Å². The Hall–Kier alpha value is -1.08. The number of aliphatic hydroxyl groups is 1. The van der Waals surface area contributed by atoms with E-state index in [1.165, 1.54) is 5.56 Å². The molecule has 0 amide bonds. The van der Waals surface area contributed by atoms with Crippen LogP contribution in [0.2, 0.25) is 0 Å². The third-order valence-corrected chi connectivity index (χ3v) is 1.76. The Morgan fingerprint density at radius 3 is 2.29 bits per heavy atom. The molecule has 0 spiro atoms. The smallest absolute Gasteiger partial charge is 0.0468 e. The van der Waals surface area contributed by atoms with E-state index in [0.717, 1.165) is 12.0 Å². The largest absolute Gasteiger partial charge is 0.396 e. The molecule has 1 aromatic rings. The lowest BCUT2D eigenvalue weighted by Gasteiger charge is -2.02. The van der Waals surface area contributed by atoms with E-state index in [1.807, 2.05) is 32.0 Å². The van der Waals surface area contributed by atoms with Crippen LogP contribution in [-0.2, 0) is 6.42 Å². The second kappa shape index (κ2) is 8.52. The van der Waals surface area contributed by atoms with Crippen molar-refractivity contribution >= 4 is 0 Å². The van der Waals surface area contributed by atoms with Crippen molar-refractivity contribution in [1.82, 2.24) is 0 Å². The van der Waals surface area contributed by atoms with Crippen molar-refractivity contribution in [3.63, 3.8) is 0 Å². The summed E-state index contributed by atoms with van der Waals surface area (Å²) in [6.45, 7) is 8.08. The minimum atomic E-state index is 0.200. The molecule has 1 heteroatoms. The van der Waals surface area contributed by atoms with Gasteiger partial charge in [-0.25, -0.2) is 0 Å². The summed E-state index contributed by atoms with van der Waals surface area (Å²) in [6, 6.07) is 10.2. The molecule has 0 bridgehead atoms. The Morgan fingerprint density at radius 1 is 1.21 bits per heavy atom. The van der Waals surface area contributed by atoms with Crippen LogP contribution in [0.25, 0.3) is 0 Å². The second-order valence-electron chi connectivity index (χ2n) is 2.89. The number of hydrogen-bond donors (Lipinski definition) is 1. The van der Waals surface area contributed by atoms with E-state index in [0.29, 0.717) is 6.42 Å². The zero-order chi connectivity index (χ0) is 10.8. The average Bonchev–Trinajstić information content (AvgIpc) is 2.22. The summed E-state index contributed by atoms with van der Waals surface area (Å²) < 4.78 is 0. The van der Waals surface area contributed by atoms with Crippen molar-refractivity contribution in [1.29, 1.82) is 0 Å². The number of rotatable bonds is 4. The van der Waals surface area contributed by atoms with Crippen LogP contribution in [0.3, 0.4) is 0 Å². The zero-order valence-electron chi connectivity index (χ0n) is 9.16. The number of benzene rings is 1. The molecule has 1 rings (SSSR count). The molecule has 0 fully saturated rings. The standard InChI is InChI=1S/C11H14O.C2H6/c1-10(7-8-12)9-11-5-3-2-4-6-11;1-2/h2-6,12H,1,7-9H2;1-2H3. The maximum absolute atomic E-state index is 8.65. The third-order valence-electron chi connectivity index (χ3n) is 1.76. The lowest BCUT2D eigenvalue weighted by molar-refractivity contribution is 0.298. The summed E-state index contributed by atoms with van der Waals surface area (Å²) in [5.41, 5.74) is 2.35. The van der Waals surface area contributed by atoms with Gasteiger partial charge in [0.05, 0.1) is 0 Å². The van der Waals surface area contributed by atoms with Gasteiger partial charge in [0.2, 0.25) is 0 Å². The average molecular weight is 192 g/mol. The first kappa shape index (κ1) is 12.9. The molecule has 0 saturated heterocycles. The van der Waals surface area contributed by atoms with Gasteiger partial charge < -0.3 is 5.11 Å². The van der Waals surface area contributed by atoms with Crippen molar-refractivity contribution in [3.8, 4) is 0 Å². The van der Waals surface area contributed by atoms with E-state index in [2.05, 4.69) is 18.7 Å². The van der Waals surface area contributed by atoms with Crippen LogP contribution in [0.4, 0.5) is 0 Å². The fourth-order valence-corrected chi connectivity index (χ4v) is 1.13. The molecule has 14 heavy (non-hydrogen) atoms. The van der Waals surface area contributed by atoms with Gasteiger partial charge in [-0.3, -0.25) is 0 Å². The normalized spacial score (nSPS) is 8.79. The summed E-state index contributed by atoms with van der Waals surface area (Å²) in [5, 5.41) is 8.65. The van der Waals surface area contributed by atoms with E-state index in [4.69, 9.17) is 5.11 Å². The number of aliphatic hydroxyl groups excluding tert-OH is 1. The quantitative estimate of drug-likeness (QED) is 0.726. The van der Waals surface area contributed by atoms with Crippen LogP contribution in [0.5, 0.6) is 0 Å². The highest BCUT2D eigenvalue weighted by Crippen LogP contribution is 2.08. The van der Waals surface area contributed by atoms with E-state index >= 15 is 0 Å². The second-order valence-corrected chi connectivity index (χ2v) is 2.89. The van der Waals surface area contributed by atoms with Gasteiger partial charge in [0.1, 0.15) is 0 Å². The van der Waals surface area contributed by atoms with Crippen molar-refractivity contribution in [2.75, 3.05) is 6.61 Å². The molecule has 0 aliphatic heterocycles. The highest BCUT2D eigenvalue weighted by Gasteiger charge is 1.94. The van der Waals surface area contributed by atoms with Crippen LogP contribution >= 0.6 is 0 Å². The summed E-state index contributed by atoms with van der Waals surface area (Å²) in [6.07, 6.45) is 1.58. The molecular formula is C13H20O. The first-order valence-electron chi connectivity index (χ1n) is 5.14. The summed E-state index contributed by atoms with van der Waals surface area (Å²) in [5.74, 6) is 0. The molecule has 0 unspecified atom stereocenters. The summed E-state index contributed by atoms with van der Waals surface area (Å²) in [7, 11) is 0. The maximum atomic E-state index is 8.65. The molecule has 0 radical (unpaired) electrons. The molecule has 0 saturated carbocycles. The maximum Gasteiger partial charge on any atom is 0.0468 e. The van der Waals surface area contributed by atoms with Crippen LogP contribution in [0, 0.1) is 0 Å². The predicted octanol–water partition coefficient (Wildman–Crippen LogP) is 3.19. The van der Waals surface area contributed by atoms with Crippen LogP contribution in [0.1, 0.15) is 25.8 Å². The van der Waals surface area contributed by atoms with E-state index in [-0.39, 0.29) is 6.61 Å². The molecular weight excluding hydrogens is 172 g/mol. The zero-order valence-corrected chi connectivity index (χ0v) is 9.16. The molecule has 0 aliphatic carbocycles. The minimum Gasteiger partial charge on any atom is -0.396 e. The van der Waals surface area contributed by atoms with E-state index < -0.39 is 0 Å². The lowest BCUT2D eigenvalue weighted by Crippen LogP contribution is -1.91. The Morgan fingerprint density at radius 2 is 1.79 bits per heavy atom. The van der Waals surface area contributed by atoms with E-state index in [9.17, 15) is 0 Å². The molecule has 0 atom stereocenters. The fourth-order valence-electron chi connectivity index (χ4n) is 1.13. The molecule has 0 aliphatic rings. The molecule has 1 aromatic carbocycles.